The second kappa shape index (κ2) is 8.17. The molecule has 0 radical (unpaired) electrons. The molecule has 4 heteroatoms. The van der Waals surface area contributed by atoms with E-state index in [0.717, 1.165) is 31.2 Å². The molecule has 0 amide bonds. The van der Waals surface area contributed by atoms with Crippen LogP contribution in [0, 0.1) is 5.92 Å². The molecule has 0 unspecified atom stereocenters. The molecule has 0 aliphatic heterocycles. The van der Waals surface area contributed by atoms with Gasteiger partial charge in [0.2, 0.25) is 0 Å². The second-order valence-electron chi connectivity index (χ2n) is 6.79. The standard InChI is InChI=1S/C21H25NO3/c22-20(21(24)16-4-2-1-3-5-16)14-15-6-10-18(11-7-15)25-19-12-8-17(23)9-13-19/h6-13,16,20,23H,1-5,14,22H2/t20-/m0/s1. The van der Waals surface area contributed by atoms with Crippen molar-refractivity contribution in [2.24, 2.45) is 11.7 Å². The molecule has 0 saturated heterocycles. The lowest BCUT2D eigenvalue weighted by Crippen LogP contribution is -2.38. The van der Waals surface area contributed by atoms with Gasteiger partial charge >= 0.3 is 0 Å². The highest BCUT2D eigenvalue weighted by Gasteiger charge is 2.25. The third-order valence-electron chi connectivity index (χ3n) is 4.82. The summed E-state index contributed by atoms with van der Waals surface area (Å²) in [5.74, 6) is 1.95. The Hall–Kier alpha value is -2.33. The van der Waals surface area contributed by atoms with Crippen LogP contribution in [0.2, 0.25) is 0 Å². The number of carbonyl (C=O) groups is 1. The van der Waals surface area contributed by atoms with E-state index >= 15 is 0 Å². The number of Topliss-reactive ketones (excluding diaryl/α,β-unsaturated/α-hetero) is 1. The number of ketones is 1. The van der Waals surface area contributed by atoms with E-state index in [-0.39, 0.29) is 17.5 Å². The van der Waals surface area contributed by atoms with Crippen molar-refractivity contribution < 1.29 is 14.6 Å². The number of rotatable bonds is 6. The zero-order chi connectivity index (χ0) is 17.6. The summed E-state index contributed by atoms with van der Waals surface area (Å²) >= 11 is 0. The van der Waals surface area contributed by atoms with Gasteiger partial charge in [0.25, 0.3) is 0 Å². The number of phenols is 1. The number of hydrogen-bond acceptors (Lipinski definition) is 4. The first kappa shape index (κ1) is 17.5. The quantitative estimate of drug-likeness (QED) is 0.827. The number of aromatic hydroxyl groups is 1. The van der Waals surface area contributed by atoms with Crippen molar-refractivity contribution in [3.05, 3.63) is 54.1 Å². The van der Waals surface area contributed by atoms with Crippen molar-refractivity contribution in [1.82, 2.24) is 0 Å². The average Bonchev–Trinajstić information content (AvgIpc) is 2.65. The zero-order valence-corrected chi connectivity index (χ0v) is 14.4. The number of hydrogen-bond donors (Lipinski definition) is 2. The molecule has 1 aliphatic rings. The van der Waals surface area contributed by atoms with Crippen molar-refractivity contribution in [2.75, 3.05) is 0 Å². The molecule has 0 heterocycles. The molecule has 3 rings (SSSR count). The van der Waals surface area contributed by atoms with E-state index in [2.05, 4.69) is 0 Å². The molecular weight excluding hydrogens is 314 g/mol. The summed E-state index contributed by atoms with van der Waals surface area (Å²) in [5, 5.41) is 9.29. The van der Waals surface area contributed by atoms with Crippen molar-refractivity contribution in [3.8, 4) is 17.2 Å². The maximum absolute atomic E-state index is 12.5. The summed E-state index contributed by atoms with van der Waals surface area (Å²) < 4.78 is 5.73. The topological polar surface area (TPSA) is 72.6 Å². The summed E-state index contributed by atoms with van der Waals surface area (Å²) in [7, 11) is 0. The fraction of sp³-hybridized carbons (Fsp3) is 0.381. The Kier molecular flexibility index (Phi) is 5.71. The highest BCUT2D eigenvalue weighted by atomic mass is 16.5. The maximum Gasteiger partial charge on any atom is 0.152 e. The van der Waals surface area contributed by atoms with Gasteiger partial charge < -0.3 is 15.6 Å². The smallest absolute Gasteiger partial charge is 0.152 e. The lowest BCUT2D eigenvalue weighted by Gasteiger charge is -2.23. The van der Waals surface area contributed by atoms with E-state index in [1.165, 1.54) is 6.42 Å². The number of carbonyl (C=O) groups excluding carboxylic acids is 1. The number of phenolic OH excluding ortho intramolecular Hbond substituents is 1. The molecule has 3 N–H and O–H groups in total. The van der Waals surface area contributed by atoms with Crippen LogP contribution < -0.4 is 10.5 Å². The van der Waals surface area contributed by atoms with Gasteiger partial charge in [0.1, 0.15) is 17.2 Å². The van der Waals surface area contributed by atoms with Crippen LogP contribution in [0.25, 0.3) is 0 Å². The van der Waals surface area contributed by atoms with Crippen molar-refractivity contribution in [1.29, 1.82) is 0 Å². The Balaban J connectivity index is 1.56. The molecule has 1 aliphatic carbocycles. The number of nitrogens with two attached hydrogens (primary N) is 1. The van der Waals surface area contributed by atoms with Crippen LogP contribution >= 0.6 is 0 Å². The minimum absolute atomic E-state index is 0.154. The summed E-state index contributed by atoms with van der Waals surface area (Å²) in [4.78, 5) is 12.5. The predicted octanol–water partition coefficient (Wildman–Crippen LogP) is 4.20. The Labute approximate surface area is 148 Å². The second-order valence-corrected chi connectivity index (χ2v) is 6.79. The first-order valence-corrected chi connectivity index (χ1v) is 8.97. The molecule has 2 aromatic rings. The Bertz CT molecular complexity index is 688. The van der Waals surface area contributed by atoms with Gasteiger partial charge in [0.05, 0.1) is 6.04 Å². The number of benzene rings is 2. The third kappa shape index (κ3) is 4.83. The molecule has 0 spiro atoms. The first-order valence-electron chi connectivity index (χ1n) is 8.97. The van der Waals surface area contributed by atoms with Gasteiger partial charge in [-0.05, 0) is 61.2 Å². The van der Waals surface area contributed by atoms with Crippen molar-refractivity contribution in [3.63, 3.8) is 0 Å². The normalized spacial score (nSPS) is 16.4. The van der Waals surface area contributed by atoms with Gasteiger partial charge in [-0.3, -0.25) is 4.79 Å². The summed E-state index contributed by atoms with van der Waals surface area (Å²) in [6.07, 6.45) is 6.08. The Morgan fingerprint density at radius 2 is 1.56 bits per heavy atom. The van der Waals surface area contributed by atoms with Crippen LogP contribution in [-0.4, -0.2) is 16.9 Å². The maximum atomic E-state index is 12.5. The van der Waals surface area contributed by atoms with Gasteiger partial charge in [0.15, 0.2) is 5.78 Å². The number of ether oxygens (including phenoxy) is 1. The van der Waals surface area contributed by atoms with E-state index in [1.807, 2.05) is 24.3 Å². The Morgan fingerprint density at radius 3 is 2.16 bits per heavy atom. The van der Waals surface area contributed by atoms with Crippen molar-refractivity contribution >= 4 is 5.78 Å². The van der Waals surface area contributed by atoms with Crippen LogP contribution in [0.1, 0.15) is 37.7 Å². The Morgan fingerprint density at radius 1 is 1.00 bits per heavy atom. The highest BCUT2D eigenvalue weighted by molar-refractivity contribution is 5.86. The van der Waals surface area contributed by atoms with E-state index in [1.54, 1.807) is 24.3 Å². The molecule has 4 nitrogen and oxygen atoms in total. The average molecular weight is 339 g/mol. The highest BCUT2D eigenvalue weighted by Crippen LogP contribution is 2.26. The molecule has 1 fully saturated rings. The predicted molar refractivity (Wildman–Crippen MR) is 97.9 cm³/mol. The van der Waals surface area contributed by atoms with Crippen LogP contribution in [-0.2, 0) is 11.2 Å². The lowest BCUT2D eigenvalue weighted by molar-refractivity contribution is -0.125. The van der Waals surface area contributed by atoms with E-state index < -0.39 is 6.04 Å². The fourth-order valence-corrected chi connectivity index (χ4v) is 3.39. The monoisotopic (exact) mass is 339 g/mol. The molecule has 0 aromatic heterocycles. The van der Waals surface area contributed by atoms with Gasteiger partial charge in [-0.25, -0.2) is 0 Å². The largest absolute Gasteiger partial charge is 0.508 e. The molecule has 1 atom stereocenters. The summed E-state index contributed by atoms with van der Waals surface area (Å²) in [6.45, 7) is 0. The molecule has 2 aromatic carbocycles. The summed E-state index contributed by atoms with van der Waals surface area (Å²) in [5.41, 5.74) is 7.19. The van der Waals surface area contributed by atoms with E-state index in [0.29, 0.717) is 17.9 Å². The van der Waals surface area contributed by atoms with Crippen LogP contribution in [0.3, 0.4) is 0 Å². The van der Waals surface area contributed by atoms with Gasteiger partial charge in [-0.2, -0.15) is 0 Å². The van der Waals surface area contributed by atoms with Crippen LogP contribution in [0.4, 0.5) is 0 Å². The molecule has 1 saturated carbocycles. The third-order valence-corrected chi connectivity index (χ3v) is 4.82. The van der Waals surface area contributed by atoms with Gasteiger partial charge in [-0.15, -0.1) is 0 Å². The summed E-state index contributed by atoms with van der Waals surface area (Å²) in [6, 6.07) is 13.8. The zero-order valence-electron chi connectivity index (χ0n) is 14.4. The van der Waals surface area contributed by atoms with Crippen molar-refractivity contribution in [2.45, 2.75) is 44.6 Å². The fourth-order valence-electron chi connectivity index (χ4n) is 3.39. The molecule has 0 bridgehead atoms. The van der Waals surface area contributed by atoms with Gasteiger partial charge in [-0.1, -0.05) is 31.4 Å². The lowest BCUT2D eigenvalue weighted by atomic mass is 9.83. The minimum Gasteiger partial charge on any atom is -0.508 e. The van der Waals surface area contributed by atoms with Crippen LogP contribution in [0.5, 0.6) is 17.2 Å². The first-order chi connectivity index (χ1) is 12.1. The molecule has 132 valence electrons. The van der Waals surface area contributed by atoms with E-state index in [9.17, 15) is 9.90 Å². The minimum atomic E-state index is -0.424. The SMILES string of the molecule is N[C@@H](Cc1ccc(Oc2ccc(O)cc2)cc1)C(=O)C1CCCCC1. The van der Waals surface area contributed by atoms with E-state index in [4.69, 9.17) is 10.5 Å². The molecule has 25 heavy (non-hydrogen) atoms. The van der Waals surface area contributed by atoms with Crippen LogP contribution in [0.15, 0.2) is 48.5 Å². The molecular formula is C21H25NO3. The van der Waals surface area contributed by atoms with Gasteiger partial charge in [0, 0.05) is 5.92 Å².